The van der Waals surface area contributed by atoms with Crippen molar-refractivity contribution < 1.29 is 44.3 Å². The summed E-state index contributed by atoms with van der Waals surface area (Å²) in [5.74, 6) is -1.55. The van der Waals surface area contributed by atoms with Crippen molar-refractivity contribution in [1.29, 1.82) is 0 Å². The number of nitrogens with one attached hydrogen (secondary N) is 1. The molecular weight excluding hydrogens is 451 g/mol. The molecule has 1 aromatic heterocycles. The van der Waals surface area contributed by atoms with Gasteiger partial charge in [-0.1, -0.05) is 91.0 Å². The SMILES string of the molecule is Cn1c(NC(=O)C2CN2C(c2ccccc2)(c2ccccc2)c2ccccc2)cnc1C(=O)[O-].[Na+]. The monoisotopic (exact) mass is 474 g/mol. The molecule has 1 aliphatic heterocycles. The molecule has 0 aliphatic carbocycles. The Balaban J connectivity index is 0.00000289. The Morgan fingerprint density at radius 1 is 0.886 bits per heavy atom. The topological polar surface area (TPSA) is 90.1 Å². The van der Waals surface area contributed by atoms with Crippen molar-refractivity contribution in [2.24, 2.45) is 7.05 Å². The van der Waals surface area contributed by atoms with Crippen LogP contribution in [0.5, 0.6) is 0 Å². The number of nitrogens with zero attached hydrogens (tertiary/aromatic N) is 3. The summed E-state index contributed by atoms with van der Waals surface area (Å²) in [6, 6.07) is 30.1. The van der Waals surface area contributed by atoms with Gasteiger partial charge in [-0.3, -0.25) is 9.69 Å². The van der Waals surface area contributed by atoms with Crippen LogP contribution in [0, 0.1) is 0 Å². The number of amides is 1. The summed E-state index contributed by atoms with van der Waals surface area (Å²) in [7, 11) is 1.53. The van der Waals surface area contributed by atoms with Crippen LogP contribution in [0.4, 0.5) is 5.82 Å². The number of rotatable bonds is 7. The Morgan fingerprint density at radius 2 is 1.34 bits per heavy atom. The van der Waals surface area contributed by atoms with Crippen molar-refractivity contribution in [1.82, 2.24) is 14.5 Å². The quantitative estimate of drug-likeness (QED) is 0.220. The van der Waals surface area contributed by atoms with Crippen molar-refractivity contribution in [3.8, 4) is 0 Å². The Labute approximate surface area is 225 Å². The van der Waals surface area contributed by atoms with Crippen LogP contribution in [-0.4, -0.2) is 38.9 Å². The number of imidazole rings is 1. The molecule has 1 N–H and O–H groups in total. The second-order valence-corrected chi connectivity index (χ2v) is 8.28. The fraction of sp³-hybridized carbons (Fsp3) is 0.148. The third kappa shape index (κ3) is 4.44. The van der Waals surface area contributed by atoms with E-state index in [0.29, 0.717) is 12.4 Å². The van der Waals surface area contributed by atoms with Gasteiger partial charge in [0.25, 0.3) is 0 Å². The van der Waals surface area contributed by atoms with Crippen molar-refractivity contribution in [2.45, 2.75) is 11.6 Å². The zero-order valence-electron chi connectivity index (χ0n) is 19.6. The zero-order valence-corrected chi connectivity index (χ0v) is 21.6. The minimum absolute atomic E-state index is 0. The summed E-state index contributed by atoms with van der Waals surface area (Å²) in [4.78, 5) is 30.5. The maximum Gasteiger partial charge on any atom is 1.00 e. The minimum atomic E-state index is -1.40. The fourth-order valence-corrected chi connectivity index (χ4v) is 4.69. The van der Waals surface area contributed by atoms with E-state index in [-0.39, 0.29) is 41.3 Å². The molecule has 2 atom stereocenters. The van der Waals surface area contributed by atoms with Crippen LogP contribution >= 0.6 is 0 Å². The maximum atomic E-state index is 13.3. The molecule has 1 fully saturated rings. The number of aromatic carboxylic acids is 1. The number of carboxylic acid groups (broad SMARTS) is 1. The Bertz CT molecular complexity index is 1230. The van der Waals surface area contributed by atoms with Crippen LogP contribution in [0.25, 0.3) is 0 Å². The molecule has 5 rings (SSSR count). The van der Waals surface area contributed by atoms with Gasteiger partial charge in [0.15, 0.2) is 5.82 Å². The summed E-state index contributed by atoms with van der Waals surface area (Å²) in [5.41, 5.74) is 2.50. The third-order valence-corrected chi connectivity index (χ3v) is 6.34. The van der Waals surface area contributed by atoms with Crippen LogP contribution in [0.1, 0.15) is 27.3 Å². The Kier molecular flexibility index (Phi) is 7.23. The summed E-state index contributed by atoms with van der Waals surface area (Å²) >= 11 is 0. The van der Waals surface area contributed by atoms with Crippen molar-refractivity contribution >= 4 is 17.7 Å². The molecule has 1 aliphatic rings. The number of carbonyl (C=O) groups excluding carboxylic acids is 2. The molecule has 0 saturated carbocycles. The first-order valence-corrected chi connectivity index (χ1v) is 11.0. The van der Waals surface area contributed by atoms with Crippen LogP contribution < -0.4 is 40.0 Å². The van der Waals surface area contributed by atoms with Gasteiger partial charge in [-0.05, 0) is 16.7 Å². The van der Waals surface area contributed by atoms with E-state index < -0.39 is 17.6 Å². The van der Waals surface area contributed by atoms with Gasteiger partial charge >= 0.3 is 29.6 Å². The molecule has 7 nitrogen and oxygen atoms in total. The third-order valence-electron chi connectivity index (χ3n) is 6.34. The number of carboxylic acids is 1. The van der Waals surface area contributed by atoms with E-state index in [4.69, 9.17) is 0 Å². The first-order valence-electron chi connectivity index (χ1n) is 11.0. The van der Waals surface area contributed by atoms with E-state index in [2.05, 4.69) is 51.6 Å². The first kappa shape index (κ1) is 24.9. The molecule has 0 spiro atoms. The van der Waals surface area contributed by atoms with E-state index in [1.54, 1.807) is 0 Å². The Hall–Kier alpha value is -3.23. The summed E-state index contributed by atoms with van der Waals surface area (Å²) in [5, 5.41) is 14.0. The molecular formula is C27H23N4NaO3. The average Bonchev–Trinajstić information content (AvgIpc) is 3.59. The predicted octanol–water partition coefficient (Wildman–Crippen LogP) is -0.598. The maximum absolute atomic E-state index is 13.3. The number of hydrogen-bond donors (Lipinski definition) is 1. The van der Waals surface area contributed by atoms with Crippen molar-refractivity contribution in [3.05, 3.63) is 120 Å². The standard InChI is InChI=1S/C27H24N4O3.Na/c1-30-23(17-28-24(30)26(33)34)29-25(32)22-18-31(22)27(19-11-5-2-6-12-19,20-13-7-3-8-14-20)21-15-9-4-10-16-21;/h2-17,22H,18H2,1H3,(H,29,32)(H,33,34);/q;+1/p-1. The molecule has 2 unspecified atom stereocenters. The van der Waals surface area contributed by atoms with Crippen molar-refractivity contribution in [2.75, 3.05) is 11.9 Å². The van der Waals surface area contributed by atoms with Gasteiger partial charge in [0.2, 0.25) is 5.91 Å². The molecule has 1 amide bonds. The van der Waals surface area contributed by atoms with Crippen LogP contribution in [0.2, 0.25) is 0 Å². The molecule has 1 saturated heterocycles. The average molecular weight is 474 g/mol. The van der Waals surface area contributed by atoms with Gasteiger partial charge in [-0.15, -0.1) is 0 Å². The smallest absolute Gasteiger partial charge is 0.542 e. The van der Waals surface area contributed by atoms with Crippen LogP contribution in [0.15, 0.2) is 97.2 Å². The van der Waals surface area contributed by atoms with E-state index in [1.807, 2.05) is 54.6 Å². The van der Waals surface area contributed by atoms with Gasteiger partial charge in [-0.2, -0.15) is 0 Å². The van der Waals surface area contributed by atoms with E-state index in [0.717, 1.165) is 16.7 Å². The molecule has 2 heterocycles. The summed E-state index contributed by atoms with van der Waals surface area (Å²) in [6.07, 6.45) is 1.33. The predicted molar refractivity (Wildman–Crippen MR) is 126 cm³/mol. The first-order chi connectivity index (χ1) is 16.5. The molecule has 3 aromatic carbocycles. The number of benzene rings is 3. The van der Waals surface area contributed by atoms with Crippen LogP contribution in [0.3, 0.4) is 0 Å². The van der Waals surface area contributed by atoms with Gasteiger partial charge in [0, 0.05) is 13.6 Å². The summed E-state index contributed by atoms with van der Waals surface area (Å²) < 4.78 is 1.30. The van der Waals surface area contributed by atoms with Gasteiger partial charge in [-0.25, -0.2) is 4.98 Å². The number of anilines is 1. The van der Waals surface area contributed by atoms with Crippen molar-refractivity contribution in [3.63, 3.8) is 0 Å². The molecule has 0 bridgehead atoms. The van der Waals surface area contributed by atoms with E-state index in [9.17, 15) is 14.7 Å². The minimum Gasteiger partial charge on any atom is -0.542 e. The largest absolute Gasteiger partial charge is 1.00 e. The zero-order chi connectivity index (χ0) is 23.7. The molecule has 8 heteroatoms. The molecule has 170 valence electrons. The molecule has 0 radical (unpaired) electrons. The van der Waals surface area contributed by atoms with Crippen LogP contribution in [-0.2, 0) is 17.4 Å². The number of hydrogen-bond acceptors (Lipinski definition) is 5. The van der Waals surface area contributed by atoms with E-state index in [1.165, 1.54) is 17.8 Å². The van der Waals surface area contributed by atoms with Gasteiger partial charge in [0.05, 0.1) is 11.7 Å². The van der Waals surface area contributed by atoms with E-state index >= 15 is 0 Å². The normalized spacial score (nSPS) is 16.7. The van der Waals surface area contributed by atoms with Gasteiger partial charge in [0.1, 0.15) is 17.8 Å². The second kappa shape index (κ2) is 10.2. The molecule has 35 heavy (non-hydrogen) atoms. The summed E-state index contributed by atoms with van der Waals surface area (Å²) in [6.45, 7) is 0.537. The molecule has 4 aromatic rings. The second-order valence-electron chi connectivity index (χ2n) is 8.28. The fourth-order valence-electron chi connectivity index (χ4n) is 4.69. The number of carbonyl (C=O) groups is 2. The number of aromatic nitrogens is 2. The Morgan fingerprint density at radius 3 is 1.74 bits per heavy atom. The van der Waals surface area contributed by atoms with Gasteiger partial charge < -0.3 is 19.8 Å².